The van der Waals surface area contributed by atoms with Gasteiger partial charge in [-0.3, -0.25) is 0 Å². The first-order chi connectivity index (χ1) is 6.81. The Morgan fingerprint density at radius 1 is 1.14 bits per heavy atom. The van der Waals surface area contributed by atoms with Gasteiger partial charge in [-0.15, -0.1) is 0 Å². The fourth-order valence-electron chi connectivity index (χ4n) is 1.53. The summed E-state index contributed by atoms with van der Waals surface area (Å²) < 4.78 is 5.61. The van der Waals surface area contributed by atoms with Crippen molar-refractivity contribution in [2.45, 2.75) is 52.4 Å². The second kappa shape index (κ2) is 11.4. The Morgan fingerprint density at radius 2 is 1.86 bits per heavy atom. The summed E-state index contributed by atoms with van der Waals surface area (Å²) in [5.41, 5.74) is 0. The van der Waals surface area contributed by atoms with E-state index in [1.165, 1.54) is 38.5 Å². The third-order valence-corrected chi connectivity index (χ3v) is 2.70. The highest BCUT2D eigenvalue weighted by atomic mass is 32.1. The Labute approximate surface area is 95.0 Å². The van der Waals surface area contributed by atoms with Gasteiger partial charge in [0.2, 0.25) is 0 Å². The number of thiol groups is 1. The van der Waals surface area contributed by atoms with Crippen LogP contribution in [0.1, 0.15) is 52.4 Å². The normalized spacial score (nSPS) is 13.1. The third kappa shape index (κ3) is 10.4. The van der Waals surface area contributed by atoms with Crippen molar-refractivity contribution in [3.05, 3.63) is 0 Å². The van der Waals surface area contributed by atoms with Crippen molar-refractivity contribution in [2.24, 2.45) is 5.92 Å². The molecule has 0 rings (SSSR count). The third-order valence-electron chi connectivity index (χ3n) is 2.38. The Kier molecular flexibility index (Phi) is 11.6. The topological polar surface area (TPSA) is 9.23 Å². The summed E-state index contributed by atoms with van der Waals surface area (Å²) in [4.78, 5) is 0. The number of ether oxygens (including phenoxy) is 1. The molecular formula is C12H26OS. The predicted molar refractivity (Wildman–Crippen MR) is 67.2 cm³/mol. The van der Waals surface area contributed by atoms with Crippen LogP contribution in [0, 0.1) is 5.92 Å². The molecule has 0 spiro atoms. The molecule has 0 amide bonds. The summed E-state index contributed by atoms with van der Waals surface area (Å²) in [5.74, 6) is 1.76. The van der Waals surface area contributed by atoms with E-state index in [0.717, 1.165) is 24.9 Å². The number of hydrogen-bond donors (Lipinski definition) is 1. The molecule has 0 heterocycles. The maximum Gasteiger partial charge on any atom is 0.0491 e. The van der Waals surface area contributed by atoms with Gasteiger partial charge in [0, 0.05) is 13.2 Å². The van der Waals surface area contributed by atoms with E-state index in [0.29, 0.717) is 0 Å². The molecule has 0 aliphatic carbocycles. The summed E-state index contributed by atoms with van der Waals surface area (Å²) in [5, 5.41) is 0. The summed E-state index contributed by atoms with van der Waals surface area (Å²) in [6.07, 6.45) is 7.62. The molecule has 0 fully saturated rings. The molecule has 0 aromatic carbocycles. The summed E-state index contributed by atoms with van der Waals surface area (Å²) >= 11 is 4.18. The molecule has 0 aromatic heterocycles. The molecule has 0 aliphatic rings. The van der Waals surface area contributed by atoms with Crippen LogP contribution in [-0.2, 0) is 4.74 Å². The van der Waals surface area contributed by atoms with Crippen molar-refractivity contribution in [1.29, 1.82) is 0 Å². The zero-order valence-electron chi connectivity index (χ0n) is 9.80. The zero-order chi connectivity index (χ0) is 10.6. The quantitative estimate of drug-likeness (QED) is 0.432. The van der Waals surface area contributed by atoms with E-state index in [4.69, 9.17) is 4.74 Å². The average Bonchev–Trinajstić information content (AvgIpc) is 2.17. The molecule has 0 bridgehead atoms. The highest BCUT2D eigenvalue weighted by Crippen LogP contribution is 2.06. The zero-order valence-corrected chi connectivity index (χ0v) is 10.7. The second-order valence-corrected chi connectivity index (χ2v) is 4.55. The van der Waals surface area contributed by atoms with Gasteiger partial charge < -0.3 is 4.74 Å². The number of unbranched alkanes of at least 4 members (excludes halogenated alkanes) is 3. The van der Waals surface area contributed by atoms with Crippen molar-refractivity contribution in [3.8, 4) is 0 Å². The van der Waals surface area contributed by atoms with Crippen molar-refractivity contribution >= 4 is 12.6 Å². The monoisotopic (exact) mass is 218 g/mol. The largest absolute Gasteiger partial charge is 0.381 e. The summed E-state index contributed by atoms with van der Waals surface area (Å²) in [6.45, 7) is 6.39. The number of hydrogen-bond acceptors (Lipinski definition) is 2. The van der Waals surface area contributed by atoms with Gasteiger partial charge in [-0.05, 0) is 30.9 Å². The van der Waals surface area contributed by atoms with E-state index >= 15 is 0 Å². The Balaban J connectivity index is 2.98. The molecule has 1 atom stereocenters. The highest BCUT2D eigenvalue weighted by Gasteiger charge is 1.99. The van der Waals surface area contributed by atoms with E-state index < -0.39 is 0 Å². The Bertz CT molecular complexity index is 106. The lowest BCUT2D eigenvalue weighted by Crippen LogP contribution is -2.06. The minimum absolute atomic E-state index is 0.734. The Hall–Kier alpha value is 0.310. The van der Waals surface area contributed by atoms with E-state index in [-0.39, 0.29) is 0 Å². The molecule has 0 saturated carbocycles. The summed E-state index contributed by atoms with van der Waals surface area (Å²) in [6, 6.07) is 0. The smallest absolute Gasteiger partial charge is 0.0491 e. The van der Waals surface area contributed by atoms with E-state index in [9.17, 15) is 0 Å². The van der Waals surface area contributed by atoms with Gasteiger partial charge in [0.05, 0.1) is 0 Å². The minimum Gasteiger partial charge on any atom is -0.381 e. The molecule has 0 aliphatic heterocycles. The predicted octanol–water partition coefficient (Wildman–Crippen LogP) is 3.93. The van der Waals surface area contributed by atoms with Crippen molar-refractivity contribution < 1.29 is 4.74 Å². The first-order valence-electron chi connectivity index (χ1n) is 5.99. The molecule has 14 heavy (non-hydrogen) atoms. The lowest BCUT2D eigenvalue weighted by atomic mass is 10.1. The van der Waals surface area contributed by atoms with Gasteiger partial charge in [-0.1, -0.05) is 33.1 Å². The first-order valence-corrected chi connectivity index (χ1v) is 6.63. The Morgan fingerprint density at radius 3 is 2.50 bits per heavy atom. The van der Waals surface area contributed by atoms with Crippen molar-refractivity contribution in [1.82, 2.24) is 0 Å². The van der Waals surface area contributed by atoms with Crippen LogP contribution < -0.4 is 0 Å². The van der Waals surface area contributed by atoms with Crippen LogP contribution in [0.3, 0.4) is 0 Å². The first kappa shape index (κ1) is 14.3. The molecule has 0 N–H and O–H groups in total. The van der Waals surface area contributed by atoms with Gasteiger partial charge in [-0.2, -0.15) is 12.6 Å². The van der Waals surface area contributed by atoms with Crippen LogP contribution in [0.15, 0.2) is 0 Å². The van der Waals surface area contributed by atoms with E-state index in [1.807, 2.05) is 0 Å². The standard InChI is InChI=1S/C12H26OS/c1-3-8-12(2)11-13-9-6-4-5-7-10-14/h12,14H,3-11H2,1-2H3. The summed E-state index contributed by atoms with van der Waals surface area (Å²) in [7, 11) is 0. The van der Waals surface area contributed by atoms with Crippen LogP contribution in [0.2, 0.25) is 0 Å². The maximum atomic E-state index is 5.61. The molecule has 1 nitrogen and oxygen atoms in total. The fourth-order valence-corrected chi connectivity index (χ4v) is 1.75. The van der Waals surface area contributed by atoms with E-state index in [2.05, 4.69) is 26.5 Å². The molecule has 1 unspecified atom stereocenters. The molecule has 86 valence electrons. The SMILES string of the molecule is CCCC(C)COCCCCCCS. The fraction of sp³-hybridized carbons (Fsp3) is 1.00. The van der Waals surface area contributed by atoms with Crippen LogP contribution in [0.4, 0.5) is 0 Å². The second-order valence-electron chi connectivity index (χ2n) is 4.11. The van der Waals surface area contributed by atoms with Crippen molar-refractivity contribution in [3.63, 3.8) is 0 Å². The van der Waals surface area contributed by atoms with Gasteiger partial charge in [0.15, 0.2) is 0 Å². The molecule has 0 aromatic rings. The van der Waals surface area contributed by atoms with Crippen LogP contribution in [0.5, 0.6) is 0 Å². The maximum absolute atomic E-state index is 5.61. The minimum atomic E-state index is 0.734. The molecule has 0 radical (unpaired) electrons. The van der Waals surface area contributed by atoms with Crippen LogP contribution in [0.25, 0.3) is 0 Å². The van der Waals surface area contributed by atoms with Gasteiger partial charge in [-0.25, -0.2) is 0 Å². The average molecular weight is 218 g/mol. The van der Waals surface area contributed by atoms with Gasteiger partial charge in [0.25, 0.3) is 0 Å². The van der Waals surface area contributed by atoms with Crippen LogP contribution in [-0.4, -0.2) is 19.0 Å². The molecular weight excluding hydrogens is 192 g/mol. The van der Waals surface area contributed by atoms with Gasteiger partial charge in [0.1, 0.15) is 0 Å². The molecule has 0 saturated heterocycles. The molecule has 2 heteroatoms. The van der Waals surface area contributed by atoms with Crippen LogP contribution >= 0.6 is 12.6 Å². The van der Waals surface area contributed by atoms with E-state index in [1.54, 1.807) is 0 Å². The highest BCUT2D eigenvalue weighted by molar-refractivity contribution is 7.80. The van der Waals surface area contributed by atoms with Crippen molar-refractivity contribution in [2.75, 3.05) is 19.0 Å². The van der Waals surface area contributed by atoms with Gasteiger partial charge >= 0.3 is 0 Å². The lowest BCUT2D eigenvalue weighted by molar-refractivity contribution is 0.0984. The number of rotatable bonds is 10. The lowest BCUT2D eigenvalue weighted by Gasteiger charge is -2.10.